The summed E-state index contributed by atoms with van der Waals surface area (Å²) in [5, 5.41) is 22.2. The molecule has 0 aliphatic heterocycles. The van der Waals surface area contributed by atoms with Crippen LogP contribution >= 0.6 is 0 Å². The molecule has 0 bridgehead atoms. The summed E-state index contributed by atoms with van der Waals surface area (Å²) in [5.74, 6) is 2.03. The Kier molecular flexibility index (Phi) is 9.49. The van der Waals surface area contributed by atoms with Gasteiger partial charge < -0.3 is 4.57 Å². The molecule has 0 radical (unpaired) electrons. The summed E-state index contributed by atoms with van der Waals surface area (Å²) in [6.07, 6.45) is 0. The maximum atomic E-state index is 10.2. The van der Waals surface area contributed by atoms with Gasteiger partial charge in [0.2, 0.25) is 0 Å². The lowest BCUT2D eigenvalue weighted by Crippen LogP contribution is -2.74. The first-order valence-corrected chi connectivity index (χ1v) is 26.3. The molecule has 10 aromatic carbocycles. The zero-order chi connectivity index (χ0) is 47.8. The van der Waals surface area contributed by atoms with Crippen molar-refractivity contribution in [3.63, 3.8) is 0 Å². The van der Waals surface area contributed by atoms with Crippen LogP contribution in [0.4, 0.5) is 0 Å². The van der Waals surface area contributed by atoms with Crippen LogP contribution in [-0.2, 0) is 0 Å². The fraction of sp³-hybridized carbons (Fsp3) is 0. The highest BCUT2D eigenvalue weighted by Gasteiger charge is 2.41. The lowest BCUT2D eigenvalue weighted by molar-refractivity contribution is 0.994. The molecule has 7 heteroatoms. The van der Waals surface area contributed by atoms with E-state index in [9.17, 15) is 5.26 Å². The highest BCUT2D eigenvalue weighted by Crippen LogP contribution is 2.38. The molecule has 0 unspecified atom stereocenters. The molecule has 72 heavy (non-hydrogen) atoms. The lowest BCUT2D eigenvalue weighted by atomic mass is 10.1. The van der Waals surface area contributed by atoms with E-state index in [-0.39, 0.29) is 0 Å². The number of hydrogen-bond donors (Lipinski definition) is 0. The van der Waals surface area contributed by atoms with Gasteiger partial charge in [0.25, 0.3) is 0 Å². The summed E-state index contributed by atoms with van der Waals surface area (Å²) < 4.78 is 6.88. The molecule has 0 amide bonds. The molecular weight excluding hydrogens is 893 g/mol. The van der Waals surface area contributed by atoms with Crippen molar-refractivity contribution in [1.29, 1.82) is 5.26 Å². The van der Waals surface area contributed by atoms with Crippen LogP contribution in [0.1, 0.15) is 5.56 Å². The lowest BCUT2D eigenvalue weighted by Gasteiger charge is -2.34. The first-order chi connectivity index (χ1) is 35.7. The highest BCUT2D eigenvalue weighted by atomic mass is 28.3. The third kappa shape index (κ3) is 6.26. The molecule has 6 nitrogen and oxygen atoms in total. The summed E-state index contributed by atoms with van der Waals surface area (Å²) in [6.45, 7) is 0. The van der Waals surface area contributed by atoms with Crippen molar-refractivity contribution in [3.05, 3.63) is 260 Å². The summed E-state index contributed by atoms with van der Waals surface area (Å²) in [4.78, 5) is 11.2. The number of nitriles is 1. The van der Waals surface area contributed by atoms with Crippen LogP contribution in [0, 0.1) is 11.3 Å². The van der Waals surface area contributed by atoms with Crippen molar-refractivity contribution < 1.29 is 0 Å². The largest absolute Gasteiger partial charge is 0.309 e. The van der Waals surface area contributed by atoms with E-state index in [4.69, 9.17) is 9.97 Å². The van der Waals surface area contributed by atoms with Crippen LogP contribution in [0.5, 0.6) is 0 Å². The van der Waals surface area contributed by atoms with Gasteiger partial charge in [0.15, 0.2) is 13.9 Å². The Morgan fingerprint density at radius 2 is 0.750 bits per heavy atom. The number of hydrogen-bond acceptors (Lipinski definition) is 3. The Labute approximate surface area is 416 Å². The average molecular weight is 935 g/mol. The average Bonchev–Trinajstić information content (AvgIpc) is 4.09. The van der Waals surface area contributed by atoms with Gasteiger partial charge in [-0.15, -0.1) is 0 Å². The molecule has 0 aliphatic rings. The van der Waals surface area contributed by atoms with Gasteiger partial charge in [0, 0.05) is 49.6 Å². The zero-order valence-electron chi connectivity index (χ0n) is 38.9. The van der Waals surface area contributed by atoms with E-state index in [0.29, 0.717) is 17.2 Å². The van der Waals surface area contributed by atoms with E-state index >= 15 is 0 Å². The number of rotatable bonds is 8. The Bertz CT molecular complexity index is 4320. The standard InChI is InChI=1S/C65H42N6Si/c66-43-44-35-37-55-53-29-12-16-33-59(53)71(62(55)39-44)64-42-63(70-60-34-17-13-30-54(60)56-41-46(36-38-61(56)70)69-57-31-14-10-27-51(57)52-28-11-15-32-58(52)69)67-65(68-64)45-19-18-26-50(40-45)72(47-20-4-1-5-21-47,48-22-6-2-7-23-48)49-24-8-3-9-25-49/h1-42H. The number of nitrogens with zero attached hydrogens (tertiary/aromatic N) is 6. The van der Waals surface area contributed by atoms with Gasteiger partial charge in [-0.2, -0.15) is 5.26 Å². The molecule has 0 saturated carbocycles. The van der Waals surface area contributed by atoms with Crippen molar-refractivity contribution in [2.75, 3.05) is 0 Å². The molecule has 4 aromatic heterocycles. The highest BCUT2D eigenvalue weighted by molar-refractivity contribution is 7.19. The molecule has 0 atom stereocenters. The van der Waals surface area contributed by atoms with Crippen molar-refractivity contribution in [2.24, 2.45) is 0 Å². The predicted octanol–water partition coefficient (Wildman–Crippen LogP) is 12.7. The monoisotopic (exact) mass is 934 g/mol. The van der Waals surface area contributed by atoms with E-state index < -0.39 is 8.07 Å². The van der Waals surface area contributed by atoms with Gasteiger partial charge in [0.1, 0.15) is 11.6 Å². The molecule has 336 valence electrons. The van der Waals surface area contributed by atoms with Gasteiger partial charge in [-0.25, -0.2) is 9.97 Å². The summed E-state index contributed by atoms with van der Waals surface area (Å²) in [5.41, 5.74) is 8.87. The molecule has 14 aromatic rings. The third-order valence-corrected chi connectivity index (χ3v) is 19.4. The second kappa shape index (κ2) is 16.5. The first-order valence-electron chi connectivity index (χ1n) is 24.3. The minimum absolute atomic E-state index is 0.583. The molecule has 4 heterocycles. The van der Waals surface area contributed by atoms with Crippen molar-refractivity contribution >= 4 is 94.2 Å². The number of benzene rings is 10. The van der Waals surface area contributed by atoms with E-state index in [2.05, 4.69) is 262 Å². The summed E-state index contributed by atoms with van der Waals surface area (Å²) in [6, 6.07) is 93.6. The van der Waals surface area contributed by atoms with Gasteiger partial charge in [0.05, 0.1) is 44.7 Å². The van der Waals surface area contributed by atoms with E-state index in [1.807, 2.05) is 12.1 Å². The number of aromatic nitrogens is 5. The van der Waals surface area contributed by atoms with Crippen LogP contribution in [-0.4, -0.2) is 31.7 Å². The van der Waals surface area contributed by atoms with E-state index in [1.54, 1.807) is 0 Å². The van der Waals surface area contributed by atoms with Crippen molar-refractivity contribution in [1.82, 2.24) is 23.7 Å². The van der Waals surface area contributed by atoms with E-state index in [0.717, 1.165) is 60.7 Å². The summed E-state index contributed by atoms with van der Waals surface area (Å²) in [7, 11) is -2.91. The van der Waals surface area contributed by atoms with Crippen LogP contribution in [0.15, 0.2) is 255 Å². The summed E-state index contributed by atoms with van der Waals surface area (Å²) >= 11 is 0. The molecule has 14 rings (SSSR count). The molecule has 0 fully saturated rings. The van der Waals surface area contributed by atoms with Crippen LogP contribution in [0.3, 0.4) is 0 Å². The molecule has 0 saturated heterocycles. The second-order valence-corrected chi connectivity index (χ2v) is 22.3. The fourth-order valence-corrected chi connectivity index (χ4v) is 16.4. The Morgan fingerprint density at radius 3 is 1.28 bits per heavy atom. The van der Waals surface area contributed by atoms with Gasteiger partial charge in [-0.1, -0.05) is 194 Å². The first kappa shape index (κ1) is 41.4. The van der Waals surface area contributed by atoms with E-state index in [1.165, 1.54) is 42.6 Å². The van der Waals surface area contributed by atoms with Gasteiger partial charge >= 0.3 is 0 Å². The van der Waals surface area contributed by atoms with Crippen LogP contribution < -0.4 is 20.7 Å². The number of para-hydroxylation sites is 4. The maximum Gasteiger partial charge on any atom is 0.179 e. The Morgan fingerprint density at radius 1 is 0.319 bits per heavy atom. The number of fused-ring (bicyclic) bond motifs is 9. The SMILES string of the molecule is N#Cc1ccc2c3ccccc3n(-c3cc(-n4c5ccccc5c5cc(-n6c7ccccc7c7ccccc76)ccc54)nc(-c4cccc([Si](c5ccccc5)(c5ccccc5)c5ccccc5)c4)n3)c2c1. The van der Waals surface area contributed by atoms with Crippen molar-refractivity contribution in [2.45, 2.75) is 0 Å². The van der Waals surface area contributed by atoms with Gasteiger partial charge in [-0.05, 0) is 75.3 Å². The van der Waals surface area contributed by atoms with Gasteiger partial charge in [-0.3, -0.25) is 9.13 Å². The topological polar surface area (TPSA) is 64.4 Å². The fourth-order valence-electron chi connectivity index (χ4n) is 11.6. The molecule has 0 aliphatic carbocycles. The minimum atomic E-state index is -2.91. The zero-order valence-corrected chi connectivity index (χ0v) is 39.9. The normalized spacial score (nSPS) is 11.9. The smallest absolute Gasteiger partial charge is 0.179 e. The molecule has 0 spiro atoms. The Hall–Kier alpha value is -9.61. The Balaban J connectivity index is 1.05. The minimum Gasteiger partial charge on any atom is -0.309 e. The third-order valence-electron chi connectivity index (χ3n) is 14.6. The molecular formula is C65H42N6Si. The van der Waals surface area contributed by atoms with Crippen molar-refractivity contribution in [3.8, 4) is 34.8 Å². The molecule has 0 N–H and O–H groups in total. The second-order valence-electron chi connectivity index (χ2n) is 18.5. The van der Waals surface area contributed by atoms with Crippen LogP contribution in [0.25, 0.3) is 94.1 Å². The maximum absolute atomic E-state index is 10.2. The predicted molar refractivity (Wildman–Crippen MR) is 299 cm³/mol. The quantitative estimate of drug-likeness (QED) is 0.113. The van der Waals surface area contributed by atoms with Crippen LogP contribution in [0.2, 0.25) is 0 Å².